The molecule has 1 saturated heterocycles. The van der Waals surface area contributed by atoms with E-state index in [9.17, 15) is 0 Å². The molecular weight excluding hydrogens is 212 g/mol. The molecule has 2 fully saturated rings. The van der Waals surface area contributed by atoms with Gasteiger partial charge in [-0.1, -0.05) is 20.3 Å². The summed E-state index contributed by atoms with van der Waals surface area (Å²) in [6.45, 7) is 8.70. The van der Waals surface area contributed by atoms with E-state index in [0.717, 1.165) is 31.8 Å². The van der Waals surface area contributed by atoms with Gasteiger partial charge in [0.25, 0.3) is 0 Å². The Bertz CT molecular complexity index is 222. The van der Waals surface area contributed by atoms with Crippen molar-refractivity contribution in [3.63, 3.8) is 0 Å². The lowest BCUT2D eigenvalue weighted by atomic mass is 10.0. The Balaban J connectivity index is 1.93. The lowest BCUT2D eigenvalue weighted by Gasteiger charge is -2.41. The molecule has 17 heavy (non-hydrogen) atoms. The third kappa shape index (κ3) is 3.21. The van der Waals surface area contributed by atoms with Gasteiger partial charge in [-0.3, -0.25) is 4.90 Å². The lowest BCUT2D eigenvalue weighted by Crippen LogP contribution is -2.55. The molecule has 3 heteroatoms. The van der Waals surface area contributed by atoms with E-state index in [2.05, 4.69) is 24.1 Å². The maximum atomic E-state index is 5.62. The van der Waals surface area contributed by atoms with Gasteiger partial charge in [0, 0.05) is 24.7 Å². The first-order valence-electron chi connectivity index (χ1n) is 7.43. The molecule has 0 amide bonds. The summed E-state index contributed by atoms with van der Waals surface area (Å²) in [5.74, 6) is 0. The van der Waals surface area contributed by atoms with Crippen LogP contribution in [0.25, 0.3) is 0 Å². The quantitative estimate of drug-likeness (QED) is 0.795. The van der Waals surface area contributed by atoms with E-state index in [4.69, 9.17) is 4.74 Å². The summed E-state index contributed by atoms with van der Waals surface area (Å²) in [7, 11) is 0. The molecule has 1 saturated carbocycles. The highest BCUT2D eigenvalue weighted by Gasteiger charge is 2.35. The Morgan fingerprint density at radius 2 is 2.18 bits per heavy atom. The third-order valence-corrected chi connectivity index (χ3v) is 4.31. The summed E-state index contributed by atoms with van der Waals surface area (Å²) in [4.78, 5) is 2.73. The molecule has 3 nitrogen and oxygen atoms in total. The van der Waals surface area contributed by atoms with E-state index in [1.807, 2.05) is 0 Å². The van der Waals surface area contributed by atoms with Crippen molar-refractivity contribution in [1.82, 2.24) is 10.2 Å². The van der Waals surface area contributed by atoms with E-state index in [0.29, 0.717) is 6.04 Å². The predicted molar refractivity (Wildman–Crippen MR) is 71.3 cm³/mol. The molecule has 1 N–H and O–H groups in total. The van der Waals surface area contributed by atoms with Crippen LogP contribution in [0.2, 0.25) is 0 Å². The number of rotatable bonds is 5. The molecule has 2 aliphatic rings. The smallest absolute Gasteiger partial charge is 0.0622 e. The molecule has 1 aliphatic heterocycles. The summed E-state index contributed by atoms with van der Waals surface area (Å²) >= 11 is 0. The molecular formula is C14H28N2O. The van der Waals surface area contributed by atoms with Crippen LogP contribution in [-0.2, 0) is 4.74 Å². The molecule has 3 unspecified atom stereocenters. The zero-order chi connectivity index (χ0) is 12.1. The van der Waals surface area contributed by atoms with Crippen LogP contribution in [0.5, 0.6) is 0 Å². The Kier molecular flexibility index (Phi) is 5.26. The second kappa shape index (κ2) is 6.72. The van der Waals surface area contributed by atoms with Gasteiger partial charge in [-0.25, -0.2) is 0 Å². The fourth-order valence-corrected chi connectivity index (χ4v) is 3.36. The van der Waals surface area contributed by atoms with Crippen LogP contribution in [-0.4, -0.2) is 49.3 Å². The third-order valence-electron chi connectivity index (χ3n) is 4.31. The highest BCUT2D eigenvalue weighted by Crippen LogP contribution is 2.27. The van der Waals surface area contributed by atoms with Crippen molar-refractivity contribution in [1.29, 1.82) is 0 Å². The van der Waals surface area contributed by atoms with Crippen LogP contribution >= 0.6 is 0 Å². The Labute approximate surface area is 106 Å². The van der Waals surface area contributed by atoms with Gasteiger partial charge in [0.2, 0.25) is 0 Å². The fraction of sp³-hybridized carbons (Fsp3) is 1.00. The highest BCUT2D eigenvalue weighted by molar-refractivity contribution is 4.93. The second-order valence-electron chi connectivity index (χ2n) is 5.43. The van der Waals surface area contributed by atoms with Crippen molar-refractivity contribution in [2.75, 3.05) is 26.3 Å². The summed E-state index contributed by atoms with van der Waals surface area (Å²) < 4.78 is 5.62. The lowest BCUT2D eigenvalue weighted by molar-refractivity contribution is -0.0335. The molecule has 0 aromatic rings. The average Bonchev–Trinajstić information content (AvgIpc) is 2.84. The Hall–Kier alpha value is -0.120. The van der Waals surface area contributed by atoms with Crippen LogP contribution < -0.4 is 5.32 Å². The number of morpholine rings is 1. The summed E-state index contributed by atoms with van der Waals surface area (Å²) in [5.41, 5.74) is 0. The van der Waals surface area contributed by atoms with Crippen molar-refractivity contribution in [3.05, 3.63) is 0 Å². The molecule has 0 aromatic carbocycles. The van der Waals surface area contributed by atoms with Crippen LogP contribution in [0, 0.1) is 0 Å². The maximum Gasteiger partial charge on any atom is 0.0622 e. The van der Waals surface area contributed by atoms with Crippen molar-refractivity contribution in [2.24, 2.45) is 0 Å². The van der Waals surface area contributed by atoms with Crippen LogP contribution in [0.15, 0.2) is 0 Å². The number of nitrogens with zero attached hydrogens (tertiary/aromatic N) is 1. The van der Waals surface area contributed by atoms with Gasteiger partial charge in [-0.05, 0) is 32.2 Å². The predicted octanol–water partition coefficient (Wildman–Crippen LogP) is 2.02. The van der Waals surface area contributed by atoms with E-state index in [-0.39, 0.29) is 0 Å². The van der Waals surface area contributed by atoms with Crippen molar-refractivity contribution in [3.8, 4) is 0 Å². The zero-order valence-electron chi connectivity index (χ0n) is 11.5. The van der Waals surface area contributed by atoms with Crippen molar-refractivity contribution in [2.45, 2.75) is 64.1 Å². The van der Waals surface area contributed by atoms with Gasteiger partial charge in [0.05, 0.1) is 13.2 Å². The number of nitrogens with one attached hydrogen (secondary N) is 1. The Morgan fingerprint density at radius 1 is 1.29 bits per heavy atom. The first-order chi connectivity index (χ1) is 8.36. The SMILES string of the molecule is CCCNC1CCCC1N1CCOCC1CC. The first kappa shape index (κ1) is 13.3. The Morgan fingerprint density at radius 3 is 2.94 bits per heavy atom. The second-order valence-corrected chi connectivity index (χ2v) is 5.43. The molecule has 0 spiro atoms. The first-order valence-corrected chi connectivity index (χ1v) is 7.43. The molecule has 2 rings (SSSR count). The van der Waals surface area contributed by atoms with Gasteiger partial charge >= 0.3 is 0 Å². The van der Waals surface area contributed by atoms with Gasteiger partial charge < -0.3 is 10.1 Å². The number of hydrogen-bond donors (Lipinski definition) is 1. The monoisotopic (exact) mass is 240 g/mol. The number of hydrogen-bond acceptors (Lipinski definition) is 3. The van der Waals surface area contributed by atoms with Crippen LogP contribution in [0.3, 0.4) is 0 Å². The standard InChI is InChI=1S/C14H28N2O/c1-3-8-15-13-6-5-7-14(13)16-9-10-17-11-12(16)4-2/h12-15H,3-11H2,1-2H3. The van der Waals surface area contributed by atoms with Gasteiger partial charge in [0.15, 0.2) is 0 Å². The van der Waals surface area contributed by atoms with Crippen molar-refractivity contribution >= 4 is 0 Å². The summed E-state index contributed by atoms with van der Waals surface area (Å²) in [5, 5.41) is 3.74. The minimum atomic E-state index is 0.651. The molecule has 0 aromatic heterocycles. The molecule has 0 radical (unpaired) electrons. The minimum Gasteiger partial charge on any atom is -0.378 e. The van der Waals surface area contributed by atoms with E-state index >= 15 is 0 Å². The minimum absolute atomic E-state index is 0.651. The largest absolute Gasteiger partial charge is 0.378 e. The van der Waals surface area contributed by atoms with E-state index < -0.39 is 0 Å². The summed E-state index contributed by atoms with van der Waals surface area (Å²) in [6.07, 6.45) is 6.58. The topological polar surface area (TPSA) is 24.5 Å². The number of ether oxygens (including phenoxy) is 1. The average molecular weight is 240 g/mol. The maximum absolute atomic E-state index is 5.62. The summed E-state index contributed by atoms with van der Waals surface area (Å²) in [6, 6.07) is 2.13. The van der Waals surface area contributed by atoms with Crippen LogP contribution in [0.4, 0.5) is 0 Å². The molecule has 1 heterocycles. The van der Waals surface area contributed by atoms with Crippen LogP contribution in [0.1, 0.15) is 46.0 Å². The molecule has 1 aliphatic carbocycles. The van der Waals surface area contributed by atoms with Gasteiger partial charge in [-0.2, -0.15) is 0 Å². The van der Waals surface area contributed by atoms with E-state index in [1.165, 1.54) is 38.6 Å². The highest BCUT2D eigenvalue weighted by atomic mass is 16.5. The molecule has 100 valence electrons. The fourth-order valence-electron chi connectivity index (χ4n) is 3.36. The van der Waals surface area contributed by atoms with Gasteiger partial charge in [0.1, 0.15) is 0 Å². The molecule has 3 atom stereocenters. The molecule has 0 bridgehead atoms. The normalized spacial score (nSPS) is 35.3. The van der Waals surface area contributed by atoms with E-state index in [1.54, 1.807) is 0 Å². The van der Waals surface area contributed by atoms with Gasteiger partial charge in [-0.15, -0.1) is 0 Å². The van der Waals surface area contributed by atoms with Crippen molar-refractivity contribution < 1.29 is 4.74 Å². The zero-order valence-corrected chi connectivity index (χ0v) is 11.5.